The summed E-state index contributed by atoms with van der Waals surface area (Å²) in [6.07, 6.45) is -1.39. The minimum Gasteiger partial charge on any atom is -0.391 e. The van der Waals surface area contributed by atoms with E-state index in [1.54, 1.807) is 11.3 Å². The molecule has 0 aromatic carbocycles. The number of nitrogens with zero attached hydrogens (tertiary/aromatic N) is 7. The lowest BCUT2D eigenvalue weighted by Gasteiger charge is -2.32. The van der Waals surface area contributed by atoms with E-state index >= 15 is 0 Å². The number of aromatic nitrogens is 5. The van der Waals surface area contributed by atoms with Crippen LogP contribution in [-0.4, -0.2) is 55.6 Å². The SMILES string of the molecule is CCCc1cc2c(N3CCn4c(nnc4C(F)(F)F)C3)nc(N3CCCC(O)C3)nc2s1. The van der Waals surface area contributed by atoms with Crippen LogP contribution in [0.3, 0.4) is 0 Å². The Kier molecular flexibility index (Phi) is 5.44. The van der Waals surface area contributed by atoms with Gasteiger partial charge in [-0.3, -0.25) is 0 Å². The van der Waals surface area contributed by atoms with Gasteiger partial charge in [0.05, 0.1) is 18.0 Å². The summed E-state index contributed by atoms with van der Waals surface area (Å²) in [6.45, 7) is 4.04. The monoisotopic (exact) mass is 467 g/mol. The molecule has 1 saturated heterocycles. The highest BCUT2D eigenvalue weighted by Crippen LogP contribution is 2.36. The molecule has 0 radical (unpaired) electrons. The van der Waals surface area contributed by atoms with Gasteiger partial charge in [0.1, 0.15) is 10.6 Å². The molecule has 3 aromatic heterocycles. The van der Waals surface area contributed by atoms with Crippen molar-refractivity contribution in [2.45, 2.75) is 58.0 Å². The molecule has 1 N–H and O–H groups in total. The molecule has 1 fully saturated rings. The van der Waals surface area contributed by atoms with E-state index < -0.39 is 18.1 Å². The zero-order valence-electron chi connectivity index (χ0n) is 17.6. The van der Waals surface area contributed by atoms with Crippen LogP contribution in [0.15, 0.2) is 6.07 Å². The van der Waals surface area contributed by atoms with Gasteiger partial charge in [0, 0.05) is 31.1 Å². The van der Waals surface area contributed by atoms with E-state index in [0.717, 1.165) is 47.0 Å². The molecular formula is C20H24F3N7OS. The van der Waals surface area contributed by atoms with Crippen molar-refractivity contribution in [3.8, 4) is 0 Å². The number of piperidine rings is 1. The lowest BCUT2D eigenvalue weighted by atomic mass is 10.1. The van der Waals surface area contributed by atoms with Crippen molar-refractivity contribution in [1.82, 2.24) is 24.7 Å². The fourth-order valence-corrected chi connectivity index (χ4v) is 5.50. The van der Waals surface area contributed by atoms with Crippen molar-refractivity contribution in [3.05, 3.63) is 22.6 Å². The summed E-state index contributed by atoms with van der Waals surface area (Å²) >= 11 is 1.62. The highest BCUT2D eigenvalue weighted by atomic mass is 32.1. The predicted molar refractivity (Wildman–Crippen MR) is 115 cm³/mol. The van der Waals surface area contributed by atoms with E-state index in [0.29, 0.717) is 24.9 Å². The van der Waals surface area contributed by atoms with Gasteiger partial charge in [-0.05, 0) is 25.3 Å². The Balaban J connectivity index is 1.54. The van der Waals surface area contributed by atoms with E-state index in [2.05, 4.69) is 23.2 Å². The molecule has 1 unspecified atom stereocenters. The molecule has 32 heavy (non-hydrogen) atoms. The third-order valence-electron chi connectivity index (χ3n) is 5.89. The number of aryl methyl sites for hydroxylation is 1. The van der Waals surface area contributed by atoms with Crippen molar-refractivity contribution in [1.29, 1.82) is 0 Å². The zero-order valence-corrected chi connectivity index (χ0v) is 18.5. The van der Waals surface area contributed by atoms with E-state index in [1.165, 1.54) is 4.88 Å². The molecule has 8 nitrogen and oxygen atoms in total. The molecule has 0 amide bonds. The molecule has 12 heteroatoms. The molecule has 5 heterocycles. The Hall–Kier alpha value is -2.47. The molecule has 0 aliphatic carbocycles. The van der Waals surface area contributed by atoms with Crippen LogP contribution in [-0.2, 0) is 25.7 Å². The summed E-state index contributed by atoms with van der Waals surface area (Å²) in [4.78, 5) is 15.6. The van der Waals surface area contributed by atoms with Crippen LogP contribution in [0.25, 0.3) is 10.2 Å². The van der Waals surface area contributed by atoms with Crippen molar-refractivity contribution < 1.29 is 18.3 Å². The number of alkyl halides is 3. The number of hydrogen-bond acceptors (Lipinski definition) is 8. The van der Waals surface area contributed by atoms with Gasteiger partial charge in [-0.15, -0.1) is 21.5 Å². The Bertz CT molecular complexity index is 1130. The third kappa shape index (κ3) is 3.90. The third-order valence-corrected chi connectivity index (χ3v) is 6.98. The van der Waals surface area contributed by atoms with Crippen molar-refractivity contribution >= 4 is 33.3 Å². The first-order valence-electron chi connectivity index (χ1n) is 10.8. The quantitative estimate of drug-likeness (QED) is 0.631. The lowest BCUT2D eigenvalue weighted by Crippen LogP contribution is -2.40. The maximum absolute atomic E-state index is 13.2. The number of rotatable bonds is 4. The Morgan fingerprint density at radius 3 is 2.75 bits per heavy atom. The van der Waals surface area contributed by atoms with Crippen LogP contribution >= 0.6 is 11.3 Å². The second kappa shape index (κ2) is 8.14. The van der Waals surface area contributed by atoms with Gasteiger partial charge in [0.25, 0.3) is 0 Å². The van der Waals surface area contributed by atoms with Gasteiger partial charge in [0.15, 0.2) is 5.82 Å². The van der Waals surface area contributed by atoms with E-state index in [4.69, 9.17) is 9.97 Å². The second-order valence-corrected chi connectivity index (χ2v) is 9.40. The fourth-order valence-electron chi connectivity index (χ4n) is 4.38. The second-order valence-electron chi connectivity index (χ2n) is 8.28. The normalized spacial score (nSPS) is 19.6. The van der Waals surface area contributed by atoms with E-state index in [1.807, 2.05) is 9.80 Å². The van der Waals surface area contributed by atoms with Crippen LogP contribution in [0.5, 0.6) is 0 Å². The first-order valence-corrected chi connectivity index (χ1v) is 11.6. The molecule has 2 aliphatic heterocycles. The van der Waals surface area contributed by atoms with Crippen LogP contribution < -0.4 is 9.80 Å². The molecule has 0 spiro atoms. The van der Waals surface area contributed by atoms with Crippen molar-refractivity contribution in [2.24, 2.45) is 0 Å². The number of β-amino-alcohol motifs (C(OH)–C–C–N with tert-alkyl or cyclic N) is 1. The molecular weight excluding hydrogens is 443 g/mol. The summed E-state index contributed by atoms with van der Waals surface area (Å²) in [7, 11) is 0. The number of halogens is 3. The van der Waals surface area contributed by atoms with Gasteiger partial charge in [-0.2, -0.15) is 18.2 Å². The molecule has 3 aromatic rings. The molecule has 1 atom stereocenters. The number of anilines is 2. The Morgan fingerprint density at radius 1 is 1.16 bits per heavy atom. The summed E-state index contributed by atoms with van der Waals surface area (Å²) in [5.74, 6) is 0.573. The topological polar surface area (TPSA) is 83.2 Å². The number of thiophene rings is 1. The first-order chi connectivity index (χ1) is 15.3. The average Bonchev–Trinajstić information content (AvgIpc) is 3.36. The minimum atomic E-state index is -4.53. The van der Waals surface area contributed by atoms with Gasteiger partial charge in [-0.1, -0.05) is 13.3 Å². The summed E-state index contributed by atoms with van der Waals surface area (Å²) in [6, 6.07) is 2.09. The summed E-state index contributed by atoms with van der Waals surface area (Å²) < 4.78 is 40.8. The summed E-state index contributed by atoms with van der Waals surface area (Å²) in [5, 5.41) is 18.2. The maximum atomic E-state index is 13.2. The Labute approximate surface area is 186 Å². The highest BCUT2D eigenvalue weighted by Gasteiger charge is 2.40. The van der Waals surface area contributed by atoms with Crippen LogP contribution in [0, 0.1) is 0 Å². The lowest BCUT2D eigenvalue weighted by molar-refractivity contribution is -0.147. The standard InChI is InChI=1S/C20H24F3N7OS/c1-2-4-13-9-14-16(24-19(25-17(14)32-13)29-6-3-5-12(31)10-29)28-7-8-30-15(11-28)26-27-18(30)20(21,22)23/h9,12,31H,2-8,10-11H2,1H3. The average molecular weight is 468 g/mol. The molecule has 5 rings (SSSR count). The maximum Gasteiger partial charge on any atom is 0.451 e. The molecule has 0 bridgehead atoms. The fraction of sp³-hybridized carbons (Fsp3) is 0.600. The number of hydrogen-bond donors (Lipinski definition) is 1. The number of fused-ring (bicyclic) bond motifs is 2. The zero-order chi connectivity index (χ0) is 22.5. The van der Waals surface area contributed by atoms with E-state index in [-0.39, 0.29) is 18.9 Å². The van der Waals surface area contributed by atoms with E-state index in [9.17, 15) is 18.3 Å². The number of aliphatic hydroxyl groups excluding tert-OH is 1. The van der Waals surface area contributed by atoms with Crippen LogP contribution in [0.4, 0.5) is 24.9 Å². The van der Waals surface area contributed by atoms with Gasteiger partial charge >= 0.3 is 6.18 Å². The number of aliphatic hydroxyl groups is 1. The van der Waals surface area contributed by atoms with Crippen molar-refractivity contribution in [3.63, 3.8) is 0 Å². The van der Waals surface area contributed by atoms with Gasteiger partial charge in [-0.25, -0.2) is 4.98 Å². The first kappa shape index (κ1) is 21.4. The molecule has 0 saturated carbocycles. The predicted octanol–water partition coefficient (Wildman–Crippen LogP) is 3.24. The van der Waals surface area contributed by atoms with Crippen LogP contribution in [0.1, 0.15) is 42.7 Å². The Morgan fingerprint density at radius 2 is 2.00 bits per heavy atom. The van der Waals surface area contributed by atoms with Gasteiger partial charge in [0.2, 0.25) is 11.8 Å². The smallest absolute Gasteiger partial charge is 0.391 e. The largest absolute Gasteiger partial charge is 0.451 e. The highest BCUT2D eigenvalue weighted by molar-refractivity contribution is 7.18. The summed E-state index contributed by atoms with van der Waals surface area (Å²) in [5.41, 5.74) is 0. The minimum absolute atomic E-state index is 0.131. The van der Waals surface area contributed by atoms with Crippen LogP contribution in [0.2, 0.25) is 0 Å². The molecule has 172 valence electrons. The van der Waals surface area contributed by atoms with Crippen molar-refractivity contribution in [2.75, 3.05) is 29.4 Å². The molecule has 2 aliphatic rings. The van der Waals surface area contributed by atoms with Gasteiger partial charge < -0.3 is 19.5 Å².